The lowest BCUT2D eigenvalue weighted by molar-refractivity contribution is -0.140. The van der Waals surface area contributed by atoms with Crippen molar-refractivity contribution in [3.05, 3.63) is 74.2 Å². The molecular weight excluding hydrogens is 554 g/mol. The van der Waals surface area contributed by atoms with E-state index in [1.807, 2.05) is 0 Å². The highest BCUT2D eigenvalue weighted by molar-refractivity contribution is 9.10. The van der Waals surface area contributed by atoms with Crippen LogP contribution < -0.4 is 5.32 Å². The number of hydrogen-bond donors (Lipinski definition) is 1. The van der Waals surface area contributed by atoms with Crippen LogP contribution in [0.15, 0.2) is 46.9 Å². The molecule has 0 heterocycles. The number of benzene rings is 2. The number of Topliss-reactive ketones (excluding diaryl/α,β-unsaturated/α-hetero) is 1. The number of alkyl halides is 6. The quantitative estimate of drug-likeness (QED) is 0.287. The molecule has 1 unspecified atom stereocenters. The van der Waals surface area contributed by atoms with Gasteiger partial charge >= 0.3 is 12.4 Å². The monoisotopic (exact) mass is 567 g/mol. The summed E-state index contributed by atoms with van der Waals surface area (Å²) in [4.78, 5) is 11.9. The van der Waals surface area contributed by atoms with Crippen molar-refractivity contribution in [1.82, 2.24) is 5.32 Å². The van der Waals surface area contributed by atoms with Gasteiger partial charge in [0.15, 0.2) is 5.78 Å². The van der Waals surface area contributed by atoms with Crippen molar-refractivity contribution >= 4 is 51.5 Å². The first-order valence-electron chi connectivity index (χ1n) is 8.54. The van der Waals surface area contributed by atoms with E-state index >= 15 is 0 Å². The Balaban J connectivity index is 0.00000512. The van der Waals surface area contributed by atoms with Crippen LogP contribution in [0.5, 0.6) is 0 Å². The summed E-state index contributed by atoms with van der Waals surface area (Å²) in [6, 6.07) is 5.15. The molecule has 0 aromatic heterocycles. The summed E-state index contributed by atoms with van der Waals surface area (Å²) in [5.41, 5.74) is -3.26. The van der Waals surface area contributed by atoms with Crippen LogP contribution in [-0.4, -0.2) is 25.6 Å². The third-order valence-corrected chi connectivity index (χ3v) is 5.42. The van der Waals surface area contributed by atoms with E-state index < -0.39 is 53.1 Å². The fraction of sp³-hybridized carbons (Fsp3) is 0.250. The highest BCUT2D eigenvalue weighted by Crippen LogP contribution is 2.41. The highest BCUT2D eigenvalue weighted by atomic mass is 79.9. The maximum Gasteiger partial charge on any atom is 0.417 e. The molecule has 0 aliphatic heterocycles. The van der Waals surface area contributed by atoms with E-state index in [9.17, 15) is 35.5 Å². The molecule has 2 aromatic rings. The minimum absolute atomic E-state index is 0. The molecule has 0 bridgehead atoms. The van der Waals surface area contributed by atoms with Crippen molar-refractivity contribution in [1.29, 1.82) is 0 Å². The summed E-state index contributed by atoms with van der Waals surface area (Å²) in [7, 11) is 1.36. The minimum atomic E-state index is -5.01. The zero-order valence-corrected chi connectivity index (χ0v) is 19.2. The topological polar surface area (TPSA) is 29.1 Å². The molecule has 2 aromatic carbocycles. The molecule has 0 radical (unpaired) electrons. The Morgan fingerprint density at radius 1 is 1.12 bits per heavy atom. The zero-order valence-electron chi connectivity index (χ0n) is 16.0. The van der Waals surface area contributed by atoms with Crippen molar-refractivity contribution in [2.45, 2.75) is 18.3 Å². The van der Waals surface area contributed by atoms with E-state index in [4.69, 9.17) is 11.6 Å². The number of carbonyl (C=O) groups is 1. The fourth-order valence-electron chi connectivity index (χ4n) is 2.75. The van der Waals surface area contributed by atoms with Gasteiger partial charge in [-0.05, 0) is 52.8 Å². The van der Waals surface area contributed by atoms with E-state index in [-0.39, 0.29) is 33.5 Å². The molecule has 176 valence electrons. The van der Waals surface area contributed by atoms with Gasteiger partial charge in [0, 0.05) is 15.6 Å². The molecule has 0 fully saturated rings. The summed E-state index contributed by atoms with van der Waals surface area (Å²) >= 11 is 8.75. The maximum atomic E-state index is 14.7. The number of ketones is 1. The molecule has 0 amide bonds. The van der Waals surface area contributed by atoms with Gasteiger partial charge in [-0.25, -0.2) is 4.39 Å². The van der Waals surface area contributed by atoms with Gasteiger partial charge in [0.2, 0.25) is 0 Å². The van der Waals surface area contributed by atoms with Crippen molar-refractivity contribution in [2.24, 2.45) is 0 Å². The van der Waals surface area contributed by atoms with Crippen LogP contribution in [0.4, 0.5) is 30.7 Å². The lowest BCUT2D eigenvalue weighted by atomic mass is 9.95. The smallest absolute Gasteiger partial charge is 0.313 e. The molecule has 2 rings (SSSR count). The molecule has 0 spiro atoms. The van der Waals surface area contributed by atoms with E-state index in [0.717, 1.165) is 24.3 Å². The number of hydrogen-bond acceptors (Lipinski definition) is 2. The van der Waals surface area contributed by atoms with Crippen molar-refractivity contribution in [2.75, 3.05) is 13.6 Å². The second kappa shape index (κ2) is 11.0. The molecule has 1 atom stereocenters. The van der Waals surface area contributed by atoms with Crippen molar-refractivity contribution in [3.8, 4) is 0 Å². The molecule has 32 heavy (non-hydrogen) atoms. The molecule has 1 N–H and O–H groups in total. The normalized spacial score (nSPS) is 13.5. The minimum Gasteiger partial charge on any atom is -0.313 e. The van der Waals surface area contributed by atoms with E-state index in [0.29, 0.717) is 6.07 Å². The second-order valence-electron chi connectivity index (χ2n) is 6.42. The molecule has 0 aliphatic carbocycles. The van der Waals surface area contributed by atoms with Gasteiger partial charge in [-0.1, -0.05) is 29.8 Å². The highest BCUT2D eigenvalue weighted by Gasteiger charge is 2.40. The third-order valence-electron chi connectivity index (χ3n) is 4.21. The molecular formula is C20H15BrCl2F7NO. The number of nitrogens with one attached hydrogen (secondary N) is 1. The first-order chi connectivity index (χ1) is 14.3. The van der Waals surface area contributed by atoms with Crippen LogP contribution in [-0.2, 0) is 6.18 Å². The van der Waals surface area contributed by atoms with Crippen LogP contribution in [0.1, 0.15) is 33.0 Å². The second-order valence-corrected chi connectivity index (χ2v) is 7.68. The summed E-state index contributed by atoms with van der Waals surface area (Å²) in [6.45, 7) is -0.400. The van der Waals surface area contributed by atoms with Crippen LogP contribution in [0.2, 0.25) is 5.02 Å². The number of allylic oxidation sites excluding steroid dienone is 1. The number of likely N-dealkylation sites (N-methyl/N-ethyl adjacent to an activating group) is 1. The van der Waals surface area contributed by atoms with Gasteiger partial charge in [0.25, 0.3) is 0 Å². The average molecular weight is 569 g/mol. The lowest BCUT2D eigenvalue weighted by Gasteiger charge is -2.19. The van der Waals surface area contributed by atoms with Crippen LogP contribution in [0.3, 0.4) is 0 Å². The zero-order chi connectivity index (χ0) is 23.6. The predicted molar refractivity (Wildman–Crippen MR) is 114 cm³/mol. The summed E-state index contributed by atoms with van der Waals surface area (Å²) < 4.78 is 95.6. The van der Waals surface area contributed by atoms with Crippen molar-refractivity contribution in [3.63, 3.8) is 0 Å². The van der Waals surface area contributed by atoms with E-state index in [1.54, 1.807) is 0 Å². The Hall–Kier alpha value is -1.62. The van der Waals surface area contributed by atoms with Crippen molar-refractivity contribution < 1.29 is 35.5 Å². The molecule has 0 aliphatic rings. The Labute approximate surface area is 198 Å². The molecule has 0 saturated heterocycles. The van der Waals surface area contributed by atoms with Gasteiger partial charge in [0.05, 0.1) is 17.1 Å². The van der Waals surface area contributed by atoms with Crippen LogP contribution in [0.25, 0.3) is 5.83 Å². The van der Waals surface area contributed by atoms with Gasteiger partial charge < -0.3 is 5.32 Å². The first kappa shape index (κ1) is 28.4. The Morgan fingerprint density at radius 3 is 2.25 bits per heavy atom. The van der Waals surface area contributed by atoms with Gasteiger partial charge in [0.1, 0.15) is 11.7 Å². The summed E-state index contributed by atoms with van der Waals surface area (Å²) in [5.74, 6) is -4.86. The number of carbonyl (C=O) groups excluding carboxylic acids is 1. The lowest BCUT2D eigenvalue weighted by Crippen LogP contribution is -2.22. The molecule has 12 heteroatoms. The van der Waals surface area contributed by atoms with Crippen LogP contribution in [0, 0.1) is 0 Å². The Bertz CT molecular complexity index is 1010. The van der Waals surface area contributed by atoms with Crippen LogP contribution >= 0.6 is 39.9 Å². The molecule has 0 saturated carbocycles. The largest absolute Gasteiger partial charge is 0.417 e. The fourth-order valence-corrected chi connectivity index (χ4v) is 3.27. The van der Waals surface area contributed by atoms with Gasteiger partial charge in [-0.2, -0.15) is 26.3 Å². The average Bonchev–Trinajstić information content (AvgIpc) is 2.66. The maximum absolute atomic E-state index is 14.7. The van der Waals surface area contributed by atoms with Gasteiger partial charge in [-0.15, -0.1) is 12.4 Å². The third kappa shape index (κ3) is 6.94. The number of rotatable bonds is 6. The Morgan fingerprint density at radius 2 is 1.75 bits per heavy atom. The van der Waals surface area contributed by atoms with E-state index in [1.165, 1.54) is 13.1 Å². The first-order valence-corrected chi connectivity index (χ1v) is 9.71. The van der Waals surface area contributed by atoms with E-state index in [2.05, 4.69) is 21.2 Å². The molecule has 2 nitrogen and oxygen atoms in total. The summed E-state index contributed by atoms with van der Waals surface area (Å²) in [6.07, 6.45) is -9.76. The standard InChI is InChI=1S/C20H14BrClF7NO.ClH/c1-30-9-18(31)12-4-2-11(6-14(12)20(27,28)29)17(23)8-13(19(24,25)26)10-3-5-16(22)15(21)7-10;/h2-8,13,30H,9H2,1H3;1H/b17-8-;. The SMILES string of the molecule is CNCC(=O)c1ccc(/C(F)=C/C(c2ccc(Cl)c(Br)c2)C(F)(F)F)cc1C(F)(F)F.Cl. The Kier molecular flexibility index (Phi) is 9.77. The predicted octanol–water partition coefficient (Wildman–Crippen LogP) is 7.60. The van der Waals surface area contributed by atoms with Gasteiger partial charge in [-0.3, -0.25) is 4.79 Å². The summed E-state index contributed by atoms with van der Waals surface area (Å²) in [5, 5.41) is 2.54. The number of halogens is 10.